The number of aromatic nitrogens is 3. The lowest BCUT2D eigenvalue weighted by atomic mass is 10.3. The molecule has 0 aliphatic carbocycles. The predicted octanol–water partition coefficient (Wildman–Crippen LogP) is 2.23. The molecule has 2 aromatic rings. The summed E-state index contributed by atoms with van der Waals surface area (Å²) in [7, 11) is 0. The number of nitrogens with zero attached hydrogens (tertiary/aromatic N) is 4. The predicted molar refractivity (Wildman–Crippen MR) is 80.0 cm³/mol. The molecule has 1 aromatic heterocycles. The van der Waals surface area contributed by atoms with Gasteiger partial charge in [-0.05, 0) is 26.0 Å². The van der Waals surface area contributed by atoms with E-state index in [-0.39, 0.29) is 5.91 Å². The van der Waals surface area contributed by atoms with E-state index in [0.717, 1.165) is 18.8 Å². The van der Waals surface area contributed by atoms with Crippen LogP contribution in [0.4, 0.5) is 0 Å². The number of hydrogen-bond donors (Lipinski definition) is 0. The second kappa shape index (κ2) is 7.09. The van der Waals surface area contributed by atoms with Crippen molar-refractivity contribution in [1.82, 2.24) is 19.7 Å². The standard InChI is InChI=1S/C14H18N4OS/c1-3-17(4-2)13(19)10-20-14-15-11-18(16-14)12-8-6-5-7-9-12/h5-9,11H,3-4,10H2,1-2H3. The molecule has 2 rings (SSSR count). The fourth-order valence-electron chi connectivity index (χ4n) is 1.81. The minimum Gasteiger partial charge on any atom is -0.343 e. The van der Waals surface area contributed by atoms with Crippen molar-refractivity contribution in [2.24, 2.45) is 0 Å². The van der Waals surface area contributed by atoms with Crippen LogP contribution in [-0.4, -0.2) is 44.4 Å². The maximum absolute atomic E-state index is 11.9. The Labute approximate surface area is 123 Å². The summed E-state index contributed by atoms with van der Waals surface area (Å²) in [5.74, 6) is 0.497. The smallest absolute Gasteiger partial charge is 0.233 e. The lowest BCUT2D eigenvalue weighted by Crippen LogP contribution is -2.31. The molecule has 0 unspecified atom stereocenters. The van der Waals surface area contributed by atoms with E-state index >= 15 is 0 Å². The van der Waals surface area contributed by atoms with Gasteiger partial charge in [-0.15, -0.1) is 5.10 Å². The summed E-state index contributed by atoms with van der Waals surface area (Å²) in [4.78, 5) is 17.9. The molecule has 0 radical (unpaired) electrons. The normalized spacial score (nSPS) is 10.5. The molecular formula is C14H18N4OS. The van der Waals surface area contributed by atoms with Gasteiger partial charge in [0.15, 0.2) is 0 Å². The van der Waals surface area contributed by atoms with Crippen molar-refractivity contribution < 1.29 is 4.79 Å². The molecule has 0 N–H and O–H groups in total. The van der Waals surface area contributed by atoms with Gasteiger partial charge in [0.05, 0.1) is 11.4 Å². The van der Waals surface area contributed by atoms with Gasteiger partial charge in [0.1, 0.15) is 6.33 Å². The lowest BCUT2D eigenvalue weighted by Gasteiger charge is -2.17. The first-order valence-corrected chi connectivity index (χ1v) is 7.60. The fourth-order valence-corrected chi connectivity index (χ4v) is 2.52. The highest BCUT2D eigenvalue weighted by molar-refractivity contribution is 7.99. The first-order chi connectivity index (χ1) is 9.74. The number of hydrogen-bond acceptors (Lipinski definition) is 4. The van der Waals surface area contributed by atoms with Gasteiger partial charge in [-0.25, -0.2) is 9.67 Å². The molecule has 20 heavy (non-hydrogen) atoms. The molecule has 0 fully saturated rings. The first kappa shape index (κ1) is 14.6. The van der Waals surface area contributed by atoms with Crippen LogP contribution in [-0.2, 0) is 4.79 Å². The molecule has 1 aromatic carbocycles. The van der Waals surface area contributed by atoms with Gasteiger partial charge in [-0.2, -0.15) is 0 Å². The zero-order valence-corrected chi connectivity index (χ0v) is 12.5. The summed E-state index contributed by atoms with van der Waals surface area (Å²) in [6.45, 7) is 5.44. The topological polar surface area (TPSA) is 51.0 Å². The number of carbonyl (C=O) groups is 1. The molecule has 0 saturated carbocycles. The van der Waals surface area contributed by atoms with Crippen molar-refractivity contribution in [3.63, 3.8) is 0 Å². The van der Waals surface area contributed by atoms with E-state index in [9.17, 15) is 4.79 Å². The summed E-state index contributed by atoms with van der Waals surface area (Å²) < 4.78 is 1.71. The van der Waals surface area contributed by atoms with E-state index in [2.05, 4.69) is 10.1 Å². The van der Waals surface area contributed by atoms with Crippen LogP contribution >= 0.6 is 11.8 Å². The van der Waals surface area contributed by atoms with E-state index in [0.29, 0.717) is 10.9 Å². The van der Waals surface area contributed by atoms with Gasteiger partial charge in [-0.3, -0.25) is 4.79 Å². The number of benzene rings is 1. The number of thioether (sulfide) groups is 1. The highest BCUT2D eigenvalue weighted by Crippen LogP contribution is 2.14. The number of rotatable bonds is 6. The highest BCUT2D eigenvalue weighted by atomic mass is 32.2. The van der Waals surface area contributed by atoms with Crippen molar-refractivity contribution in [2.75, 3.05) is 18.8 Å². The molecule has 0 bridgehead atoms. The Bertz CT molecular complexity index is 551. The van der Waals surface area contributed by atoms with Gasteiger partial charge in [0.25, 0.3) is 0 Å². The van der Waals surface area contributed by atoms with Crippen LogP contribution in [0.25, 0.3) is 5.69 Å². The summed E-state index contributed by atoms with van der Waals surface area (Å²) >= 11 is 1.37. The molecule has 5 nitrogen and oxygen atoms in total. The van der Waals surface area contributed by atoms with Crippen LogP contribution in [0.1, 0.15) is 13.8 Å². The van der Waals surface area contributed by atoms with Crippen LogP contribution in [0.3, 0.4) is 0 Å². The molecule has 1 amide bonds. The Morgan fingerprint density at radius 1 is 1.25 bits per heavy atom. The molecule has 1 heterocycles. The average Bonchev–Trinajstić information content (AvgIpc) is 2.96. The van der Waals surface area contributed by atoms with E-state index in [1.807, 2.05) is 44.2 Å². The maximum atomic E-state index is 11.9. The Hall–Kier alpha value is -1.82. The molecule has 6 heteroatoms. The third kappa shape index (κ3) is 3.60. The molecule has 0 aliphatic rings. The summed E-state index contributed by atoms with van der Waals surface area (Å²) in [5.41, 5.74) is 0.960. The van der Waals surface area contributed by atoms with Crippen LogP contribution in [0.15, 0.2) is 41.8 Å². The van der Waals surface area contributed by atoms with Gasteiger partial charge in [-0.1, -0.05) is 30.0 Å². The van der Waals surface area contributed by atoms with Crippen molar-refractivity contribution >= 4 is 17.7 Å². The Morgan fingerprint density at radius 3 is 2.60 bits per heavy atom. The van der Waals surface area contributed by atoms with Crippen molar-refractivity contribution in [1.29, 1.82) is 0 Å². The average molecular weight is 290 g/mol. The van der Waals surface area contributed by atoms with Gasteiger partial charge >= 0.3 is 0 Å². The fraction of sp³-hybridized carbons (Fsp3) is 0.357. The highest BCUT2D eigenvalue weighted by Gasteiger charge is 2.11. The monoisotopic (exact) mass is 290 g/mol. The maximum Gasteiger partial charge on any atom is 0.233 e. The summed E-state index contributed by atoms with van der Waals surface area (Å²) in [6, 6.07) is 9.79. The van der Waals surface area contributed by atoms with Crippen LogP contribution in [0.2, 0.25) is 0 Å². The van der Waals surface area contributed by atoms with Crippen molar-refractivity contribution in [2.45, 2.75) is 19.0 Å². The molecular weight excluding hydrogens is 272 g/mol. The van der Waals surface area contributed by atoms with Crippen LogP contribution in [0.5, 0.6) is 0 Å². The van der Waals surface area contributed by atoms with E-state index in [1.165, 1.54) is 11.8 Å². The van der Waals surface area contributed by atoms with Gasteiger partial charge in [0, 0.05) is 13.1 Å². The minimum absolute atomic E-state index is 0.121. The van der Waals surface area contributed by atoms with E-state index < -0.39 is 0 Å². The lowest BCUT2D eigenvalue weighted by molar-refractivity contribution is -0.127. The molecule has 106 valence electrons. The third-order valence-corrected chi connectivity index (χ3v) is 3.77. The second-order valence-electron chi connectivity index (χ2n) is 4.16. The van der Waals surface area contributed by atoms with Crippen molar-refractivity contribution in [3.05, 3.63) is 36.7 Å². The van der Waals surface area contributed by atoms with Crippen molar-refractivity contribution in [3.8, 4) is 5.69 Å². The Morgan fingerprint density at radius 2 is 1.95 bits per heavy atom. The largest absolute Gasteiger partial charge is 0.343 e. The van der Waals surface area contributed by atoms with Gasteiger partial charge in [0.2, 0.25) is 11.1 Å². The van der Waals surface area contributed by atoms with E-state index in [4.69, 9.17) is 0 Å². The molecule has 0 saturated heterocycles. The summed E-state index contributed by atoms with van der Waals surface area (Å²) in [5, 5.41) is 4.98. The van der Waals surface area contributed by atoms with E-state index in [1.54, 1.807) is 15.9 Å². The van der Waals surface area contributed by atoms with Crippen LogP contribution < -0.4 is 0 Å². The molecule has 0 atom stereocenters. The quantitative estimate of drug-likeness (QED) is 0.766. The Balaban J connectivity index is 1.95. The summed E-state index contributed by atoms with van der Waals surface area (Å²) in [6.07, 6.45) is 1.67. The second-order valence-corrected chi connectivity index (χ2v) is 5.10. The first-order valence-electron chi connectivity index (χ1n) is 6.62. The number of para-hydroxylation sites is 1. The minimum atomic E-state index is 0.121. The number of carbonyl (C=O) groups excluding carboxylic acids is 1. The zero-order valence-electron chi connectivity index (χ0n) is 11.7. The SMILES string of the molecule is CCN(CC)C(=O)CSc1ncn(-c2ccccc2)n1. The third-order valence-electron chi connectivity index (χ3n) is 2.93. The number of amides is 1. The molecule has 0 aliphatic heterocycles. The molecule has 0 spiro atoms. The zero-order chi connectivity index (χ0) is 14.4. The van der Waals surface area contributed by atoms with Gasteiger partial charge < -0.3 is 4.90 Å². The van der Waals surface area contributed by atoms with Crippen LogP contribution in [0, 0.1) is 0 Å². The Kier molecular flexibility index (Phi) is 5.17.